The van der Waals surface area contributed by atoms with E-state index in [4.69, 9.17) is 4.74 Å². The lowest BCUT2D eigenvalue weighted by molar-refractivity contribution is 0.150. The van der Waals surface area contributed by atoms with Gasteiger partial charge in [0, 0.05) is 20.8 Å². The zero-order valence-electron chi connectivity index (χ0n) is 8.61. The molecule has 0 saturated heterocycles. The summed E-state index contributed by atoms with van der Waals surface area (Å²) in [6.07, 6.45) is -0.483. The molecule has 0 aromatic carbocycles. The SMILES string of the molecule is CCNC(=O)OCCP(=O)(OC)OC. The van der Waals surface area contributed by atoms with Gasteiger partial charge in [-0.3, -0.25) is 4.57 Å². The largest absolute Gasteiger partial charge is 0.449 e. The van der Waals surface area contributed by atoms with Crippen molar-refractivity contribution in [1.29, 1.82) is 0 Å². The predicted molar refractivity (Wildman–Crippen MR) is 51.5 cm³/mol. The minimum atomic E-state index is -3.06. The average molecular weight is 225 g/mol. The number of nitrogens with one attached hydrogen (secondary N) is 1. The Morgan fingerprint density at radius 1 is 1.36 bits per heavy atom. The average Bonchev–Trinajstić information content (AvgIpc) is 2.18. The van der Waals surface area contributed by atoms with Gasteiger partial charge in [0.15, 0.2) is 0 Å². The second kappa shape index (κ2) is 6.81. The maximum absolute atomic E-state index is 11.4. The van der Waals surface area contributed by atoms with E-state index in [9.17, 15) is 9.36 Å². The highest BCUT2D eigenvalue weighted by Gasteiger charge is 2.21. The van der Waals surface area contributed by atoms with Gasteiger partial charge in [-0.2, -0.15) is 0 Å². The molecule has 14 heavy (non-hydrogen) atoms. The molecule has 0 spiro atoms. The molecule has 6 nitrogen and oxygen atoms in total. The third-order valence-corrected chi connectivity index (χ3v) is 3.32. The summed E-state index contributed by atoms with van der Waals surface area (Å²) in [7, 11) is -0.485. The zero-order valence-corrected chi connectivity index (χ0v) is 9.50. The van der Waals surface area contributed by atoms with Crippen molar-refractivity contribution in [3.8, 4) is 0 Å². The molecule has 0 rings (SSSR count). The molecule has 0 aromatic heterocycles. The van der Waals surface area contributed by atoms with Gasteiger partial charge in [0.2, 0.25) is 0 Å². The number of hydrogen-bond donors (Lipinski definition) is 1. The number of rotatable bonds is 6. The van der Waals surface area contributed by atoms with Gasteiger partial charge < -0.3 is 19.1 Å². The molecule has 0 unspecified atom stereocenters. The molecular formula is C7H16NO5P. The fourth-order valence-electron chi connectivity index (χ4n) is 0.703. The Balaban J connectivity index is 3.72. The summed E-state index contributed by atoms with van der Waals surface area (Å²) in [4.78, 5) is 10.8. The van der Waals surface area contributed by atoms with Crippen LogP contribution >= 0.6 is 7.60 Å². The van der Waals surface area contributed by atoms with E-state index in [-0.39, 0.29) is 12.8 Å². The maximum Gasteiger partial charge on any atom is 0.407 e. The lowest BCUT2D eigenvalue weighted by Gasteiger charge is -2.13. The van der Waals surface area contributed by atoms with E-state index in [0.29, 0.717) is 6.54 Å². The number of carbonyl (C=O) groups is 1. The summed E-state index contributed by atoms with van der Waals surface area (Å²) >= 11 is 0. The highest BCUT2D eigenvalue weighted by atomic mass is 31.2. The van der Waals surface area contributed by atoms with Crippen LogP contribution in [0.5, 0.6) is 0 Å². The second-order valence-corrected chi connectivity index (χ2v) is 4.77. The Kier molecular flexibility index (Phi) is 6.53. The van der Waals surface area contributed by atoms with Crippen LogP contribution in [0.3, 0.4) is 0 Å². The van der Waals surface area contributed by atoms with Crippen LogP contribution in [-0.2, 0) is 18.3 Å². The van der Waals surface area contributed by atoms with Gasteiger partial charge in [0.25, 0.3) is 0 Å². The van der Waals surface area contributed by atoms with E-state index < -0.39 is 13.7 Å². The third kappa shape index (κ3) is 5.21. The van der Waals surface area contributed by atoms with Crippen LogP contribution in [0.15, 0.2) is 0 Å². The fourth-order valence-corrected chi connectivity index (χ4v) is 1.53. The molecule has 84 valence electrons. The highest BCUT2D eigenvalue weighted by molar-refractivity contribution is 7.53. The Labute approximate surface area is 83.4 Å². The van der Waals surface area contributed by atoms with Crippen LogP contribution in [-0.4, -0.2) is 39.6 Å². The van der Waals surface area contributed by atoms with Crippen molar-refractivity contribution in [2.75, 3.05) is 33.5 Å². The topological polar surface area (TPSA) is 73.9 Å². The van der Waals surface area contributed by atoms with E-state index in [0.717, 1.165) is 0 Å². The Bertz CT molecular complexity index is 212. The van der Waals surface area contributed by atoms with Crippen LogP contribution in [0.1, 0.15) is 6.92 Å². The number of amides is 1. The molecule has 0 saturated carbocycles. The van der Waals surface area contributed by atoms with Gasteiger partial charge in [0.1, 0.15) is 6.61 Å². The van der Waals surface area contributed by atoms with Gasteiger partial charge in [-0.15, -0.1) is 0 Å². The van der Waals surface area contributed by atoms with E-state index in [1.54, 1.807) is 6.92 Å². The first kappa shape index (κ1) is 13.4. The molecule has 0 aliphatic heterocycles. The molecule has 0 bridgehead atoms. The predicted octanol–water partition coefficient (Wildman–Crippen LogP) is 1.22. The molecule has 1 amide bonds. The van der Waals surface area contributed by atoms with Gasteiger partial charge in [0.05, 0.1) is 6.16 Å². The smallest absolute Gasteiger partial charge is 0.407 e. The molecular weight excluding hydrogens is 209 g/mol. The minimum absolute atomic E-state index is 0.00475. The molecule has 0 atom stereocenters. The van der Waals surface area contributed by atoms with Gasteiger partial charge in [-0.1, -0.05) is 0 Å². The van der Waals surface area contributed by atoms with Crippen LogP contribution in [0, 0.1) is 0 Å². The van der Waals surface area contributed by atoms with E-state index in [1.165, 1.54) is 14.2 Å². The van der Waals surface area contributed by atoms with E-state index in [1.807, 2.05) is 0 Å². The second-order valence-electron chi connectivity index (χ2n) is 2.37. The molecule has 0 aromatic rings. The van der Waals surface area contributed by atoms with Crippen molar-refractivity contribution < 1.29 is 23.1 Å². The third-order valence-electron chi connectivity index (χ3n) is 1.48. The van der Waals surface area contributed by atoms with Crippen LogP contribution in [0.4, 0.5) is 4.79 Å². The minimum Gasteiger partial charge on any atom is -0.449 e. The van der Waals surface area contributed by atoms with Crippen LogP contribution < -0.4 is 5.32 Å². The Morgan fingerprint density at radius 2 is 1.93 bits per heavy atom. The van der Waals surface area contributed by atoms with Crippen molar-refractivity contribution in [1.82, 2.24) is 5.32 Å². The number of ether oxygens (including phenoxy) is 1. The van der Waals surface area contributed by atoms with Gasteiger partial charge >= 0.3 is 13.7 Å². The van der Waals surface area contributed by atoms with Crippen molar-refractivity contribution in [3.63, 3.8) is 0 Å². The molecule has 1 N–H and O–H groups in total. The molecule has 0 aliphatic rings. The first-order valence-corrected chi connectivity index (χ1v) is 5.92. The molecule has 0 radical (unpaired) electrons. The van der Waals surface area contributed by atoms with Crippen LogP contribution in [0.2, 0.25) is 0 Å². The monoisotopic (exact) mass is 225 g/mol. The molecule has 0 fully saturated rings. The first-order chi connectivity index (χ1) is 6.58. The summed E-state index contributed by atoms with van der Waals surface area (Å²) in [6.45, 7) is 2.27. The lowest BCUT2D eigenvalue weighted by Crippen LogP contribution is -2.24. The van der Waals surface area contributed by atoms with E-state index >= 15 is 0 Å². The summed E-state index contributed by atoms with van der Waals surface area (Å²) in [6, 6.07) is 0. The van der Waals surface area contributed by atoms with Crippen molar-refractivity contribution >= 4 is 13.7 Å². The lowest BCUT2D eigenvalue weighted by atomic mass is 10.7. The van der Waals surface area contributed by atoms with Crippen molar-refractivity contribution in [2.24, 2.45) is 0 Å². The Hall–Kier alpha value is -0.580. The molecule has 0 heterocycles. The normalized spacial score (nSPS) is 11.1. The number of hydrogen-bond acceptors (Lipinski definition) is 5. The Morgan fingerprint density at radius 3 is 2.36 bits per heavy atom. The van der Waals surface area contributed by atoms with E-state index in [2.05, 4.69) is 14.4 Å². The highest BCUT2D eigenvalue weighted by Crippen LogP contribution is 2.45. The standard InChI is InChI=1S/C7H16NO5P/c1-4-8-7(9)13-5-6-14(10,11-2)12-3/h4-6H2,1-3H3,(H,8,9). The van der Waals surface area contributed by atoms with Crippen molar-refractivity contribution in [2.45, 2.75) is 6.92 Å². The van der Waals surface area contributed by atoms with Crippen LogP contribution in [0.25, 0.3) is 0 Å². The summed E-state index contributed by atoms with van der Waals surface area (Å²) < 4.78 is 25.4. The summed E-state index contributed by atoms with van der Waals surface area (Å²) in [5, 5.41) is 2.44. The quantitative estimate of drug-likeness (QED) is 0.688. The maximum atomic E-state index is 11.4. The number of carbonyl (C=O) groups excluding carboxylic acids is 1. The summed E-state index contributed by atoms with van der Waals surface area (Å²) in [5.41, 5.74) is 0. The van der Waals surface area contributed by atoms with Gasteiger partial charge in [-0.05, 0) is 6.92 Å². The first-order valence-electron chi connectivity index (χ1n) is 4.19. The van der Waals surface area contributed by atoms with Crippen molar-refractivity contribution in [3.05, 3.63) is 0 Å². The fraction of sp³-hybridized carbons (Fsp3) is 0.857. The number of alkyl carbamates (subject to hydrolysis) is 1. The zero-order chi connectivity index (χ0) is 11.0. The summed E-state index contributed by atoms with van der Waals surface area (Å²) in [5.74, 6) is 0. The van der Waals surface area contributed by atoms with Gasteiger partial charge in [-0.25, -0.2) is 4.79 Å². The molecule has 0 aliphatic carbocycles. The molecule has 7 heteroatoms.